The van der Waals surface area contributed by atoms with Gasteiger partial charge in [-0.1, -0.05) is 13.8 Å². The number of nitrogens with zero attached hydrogens (tertiary/aromatic N) is 2. The van der Waals surface area contributed by atoms with E-state index in [2.05, 4.69) is 48.5 Å². The predicted molar refractivity (Wildman–Crippen MR) is 80.2 cm³/mol. The van der Waals surface area contributed by atoms with Crippen LogP contribution in [-0.4, -0.2) is 28.6 Å². The van der Waals surface area contributed by atoms with Crippen LogP contribution in [0.15, 0.2) is 12.3 Å². The summed E-state index contributed by atoms with van der Waals surface area (Å²) in [4.78, 5) is 7.01. The molecule has 0 aromatic carbocycles. The van der Waals surface area contributed by atoms with Crippen LogP contribution in [0.4, 0.5) is 5.82 Å². The lowest BCUT2D eigenvalue weighted by Gasteiger charge is -2.24. The number of hydrogen-bond acceptors (Lipinski definition) is 4. The molecule has 2 heterocycles. The van der Waals surface area contributed by atoms with Gasteiger partial charge in [-0.3, -0.25) is 0 Å². The van der Waals surface area contributed by atoms with E-state index < -0.39 is 0 Å². The van der Waals surface area contributed by atoms with E-state index in [4.69, 9.17) is 5.73 Å². The number of rotatable bonds is 2. The van der Waals surface area contributed by atoms with Gasteiger partial charge in [-0.15, -0.1) is 0 Å². The zero-order chi connectivity index (χ0) is 13.2. The molecule has 2 N–H and O–H groups in total. The largest absolute Gasteiger partial charge is 0.356 e. The van der Waals surface area contributed by atoms with Gasteiger partial charge in [0.15, 0.2) is 0 Å². The van der Waals surface area contributed by atoms with E-state index in [1.807, 2.05) is 6.20 Å². The third-order valence-electron chi connectivity index (χ3n) is 3.48. The van der Waals surface area contributed by atoms with Crippen molar-refractivity contribution in [2.45, 2.75) is 38.5 Å². The fourth-order valence-electron chi connectivity index (χ4n) is 2.30. The highest BCUT2D eigenvalue weighted by atomic mass is 32.2. The van der Waals surface area contributed by atoms with Crippen molar-refractivity contribution < 1.29 is 0 Å². The van der Waals surface area contributed by atoms with Crippen LogP contribution in [0.2, 0.25) is 0 Å². The molecule has 1 fully saturated rings. The van der Waals surface area contributed by atoms with Gasteiger partial charge in [0.25, 0.3) is 0 Å². The molecule has 0 bridgehead atoms. The Labute approximate surface area is 114 Å². The monoisotopic (exact) mass is 265 g/mol. The first kappa shape index (κ1) is 13.7. The summed E-state index contributed by atoms with van der Waals surface area (Å²) < 4.78 is 0.389. The van der Waals surface area contributed by atoms with E-state index >= 15 is 0 Å². The molecule has 18 heavy (non-hydrogen) atoms. The SMILES string of the molecule is Cc1cc(CN)cnc1N1CCSC(C)(C)CC1. The first-order chi connectivity index (χ1) is 8.52. The smallest absolute Gasteiger partial charge is 0.131 e. The summed E-state index contributed by atoms with van der Waals surface area (Å²) in [6.45, 7) is 9.54. The highest BCUT2D eigenvalue weighted by Crippen LogP contribution is 2.32. The van der Waals surface area contributed by atoms with Crippen LogP contribution in [0, 0.1) is 6.92 Å². The Hall–Kier alpha value is -0.740. The minimum Gasteiger partial charge on any atom is -0.356 e. The van der Waals surface area contributed by atoms with Crippen LogP contribution in [0.5, 0.6) is 0 Å². The Balaban J connectivity index is 2.16. The second-order valence-corrected chi connectivity index (χ2v) is 7.34. The maximum Gasteiger partial charge on any atom is 0.131 e. The number of anilines is 1. The molecule has 1 aliphatic rings. The molecule has 4 heteroatoms. The molecule has 100 valence electrons. The third-order valence-corrected chi connectivity index (χ3v) is 4.85. The van der Waals surface area contributed by atoms with Gasteiger partial charge in [0, 0.05) is 36.3 Å². The van der Waals surface area contributed by atoms with Crippen molar-refractivity contribution in [2.24, 2.45) is 5.73 Å². The molecule has 0 radical (unpaired) electrons. The number of pyridine rings is 1. The second-order valence-electron chi connectivity index (χ2n) is 5.53. The van der Waals surface area contributed by atoms with Crippen molar-refractivity contribution in [3.05, 3.63) is 23.4 Å². The number of aromatic nitrogens is 1. The Bertz CT molecular complexity index is 418. The molecule has 1 aliphatic heterocycles. The number of nitrogens with two attached hydrogens (primary N) is 1. The minimum atomic E-state index is 0.389. The van der Waals surface area contributed by atoms with Crippen molar-refractivity contribution in [2.75, 3.05) is 23.7 Å². The van der Waals surface area contributed by atoms with Crippen molar-refractivity contribution in [1.82, 2.24) is 4.98 Å². The van der Waals surface area contributed by atoms with E-state index in [1.165, 1.54) is 17.7 Å². The molecular weight excluding hydrogens is 242 g/mol. The molecule has 2 rings (SSSR count). The van der Waals surface area contributed by atoms with Crippen LogP contribution >= 0.6 is 11.8 Å². The molecule has 0 amide bonds. The Morgan fingerprint density at radius 2 is 2.22 bits per heavy atom. The van der Waals surface area contributed by atoms with Crippen LogP contribution in [-0.2, 0) is 6.54 Å². The molecule has 0 spiro atoms. The van der Waals surface area contributed by atoms with Gasteiger partial charge < -0.3 is 10.6 Å². The van der Waals surface area contributed by atoms with Crippen molar-refractivity contribution in [3.63, 3.8) is 0 Å². The maximum atomic E-state index is 5.65. The summed E-state index contributed by atoms with van der Waals surface area (Å²) in [6.07, 6.45) is 3.11. The number of aryl methyl sites for hydroxylation is 1. The molecule has 1 aromatic heterocycles. The van der Waals surface area contributed by atoms with Crippen molar-refractivity contribution in [1.29, 1.82) is 0 Å². The summed E-state index contributed by atoms with van der Waals surface area (Å²) >= 11 is 2.06. The summed E-state index contributed by atoms with van der Waals surface area (Å²) in [5.41, 5.74) is 8.00. The summed E-state index contributed by atoms with van der Waals surface area (Å²) in [7, 11) is 0. The fraction of sp³-hybridized carbons (Fsp3) is 0.643. The van der Waals surface area contributed by atoms with Crippen LogP contribution in [0.3, 0.4) is 0 Å². The molecule has 3 nitrogen and oxygen atoms in total. The van der Waals surface area contributed by atoms with Gasteiger partial charge in [-0.05, 0) is 30.5 Å². The van der Waals surface area contributed by atoms with Gasteiger partial charge in [0.2, 0.25) is 0 Å². The van der Waals surface area contributed by atoms with Crippen LogP contribution < -0.4 is 10.6 Å². The molecular formula is C14H23N3S. The Kier molecular flexibility index (Phi) is 4.17. The van der Waals surface area contributed by atoms with E-state index in [0.29, 0.717) is 11.3 Å². The number of thioether (sulfide) groups is 1. The quantitative estimate of drug-likeness (QED) is 0.892. The summed E-state index contributed by atoms with van der Waals surface area (Å²) in [5, 5.41) is 0. The van der Waals surface area contributed by atoms with Gasteiger partial charge in [0.05, 0.1) is 0 Å². The van der Waals surface area contributed by atoms with Crippen LogP contribution in [0.1, 0.15) is 31.4 Å². The van der Waals surface area contributed by atoms with E-state index in [0.717, 1.165) is 24.5 Å². The second kappa shape index (κ2) is 5.49. The molecule has 0 saturated carbocycles. The molecule has 0 unspecified atom stereocenters. The molecule has 0 atom stereocenters. The van der Waals surface area contributed by atoms with E-state index in [9.17, 15) is 0 Å². The average molecular weight is 265 g/mol. The first-order valence-electron chi connectivity index (χ1n) is 6.56. The standard InChI is InChI=1S/C14H23N3S/c1-11-8-12(9-15)10-16-13(11)17-5-4-14(2,3)18-7-6-17/h8,10H,4-7,9,15H2,1-3H3. The fourth-order valence-corrected chi connectivity index (χ4v) is 3.40. The predicted octanol–water partition coefficient (Wildman–Crippen LogP) is 2.57. The van der Waals surface area contributed by atoms with Gasteiger partial charge in [-0.2, -0.15) is 11.8 Å². The normalized spacial score (nSPS) is 19.7. The average Bonchev–Trinajstić information content (AvgIpc) is 2.50. The van der Waals surface area contributed by atoms with E-state index in [-0.39, 0.29) is 0 Å². The maximum absolute atomic E-state index is 5.65. The molecule has 1 aromatic rings. The first-order valence-corrected chi connectivity index (χ1v) is 7.55. The number of hydrogen-bond donors (Lipinski definition) is 1. The van der Waals surface area contributed by atoms with Crippen LogP contribution in [0.25, 0.3) is 0 Å². The lowest BCUT2D eigenvalue weighted by atomic mass is 10.1. The minimum absolute atomic E-state index is 0.389. The zero-order valence-corrected chi connectivity index (χ0v) is 12.4. The van der Waals surface area contributed by atoms with Gasteiger partial charge >= 0.3 is 0 Å². The topological polar surface area (TPSA) is 42.1 Å². The molecule has 0 aliphatic carbocycles. The lowest BCUT2D eigenvalue weighted by molar-refractivity contribution is 0.634. The Morgan fingerprint density at radius 1 is 1.44 bits per heavy atom. The Morgan fingerprint density at radius 3 is 2.89 bits per heavy atom. The summed E-state index contributed by atoms with van der Waals surface area (Å²) in [5.74, 6) is 2.30. The van der Waals surface area contributed by atoms with Crippen molar-refractivity contribution >= 4 is 17.6 Å². The van der Waals surface area contributed by atoms with Gasteiger partial charge in [-0.25, -0.2) is 4.98 Å². The summed E-state index contributed by atoms with van der Waals surface area (Å²) in [6, 6.07) is 2.16. The highest BCUT2D eigenvalue weighted by Gasteiger charge is 2.24. The van der Waals surface area contributed by atoms with E-state index in [1.54, 1.807) is 0 Å². The zero-order valence-electron chi connectivity index (χ0n) is 11.6. The highest BCUT2D eigenvalue weighted by molar-refractivity contribution is 8.00. The third kappa shape index (κ3) is 3.18. The molecule has 1 saturated heterocycles. The van der Waals surface area contributed by atoms with Crippen molar-refractivity contribution in [3.8, 4) is 0 Å². The lowest BCUT2D eigenvalue weighted by Crippen LogP contribution is -2.28. The van der Waals surface area contributed by atoms with Gasteiger partial charge in [0.1, 0.15) is 5.82 Å².